The monoisotopic (exact) mass is 389 g/mol. The Labute approximate surface area is 169 Å². The average molecular weight is 389 g/mol. The van der Waals surface area contributed by atoms with Crippen molar-refractivity contribution in [2.45, 2.75) is 19.6 Å². The molecule has 1 saturated heterocycles. The summed E-state index contributed by atoms with van der Waals surface area (Å²) in [5.41, 5.74) is 3.81. The number of anilines is 1. The molecule has 0 bridgehead atoms. The minimum atomic E-state index is -1.30. The molecule has 0 unspecified atom stereocenters. The van der Waals surface area contributed by atoms with Gasteiger partial charge in [-0.05, 0) is 48.4 Å². The fraction of sp³-hybridized carbons (Fsp3) is 0.292. The second-order valence-corrected chi connectivity index (χ2v) is 7.61. The Morgan fingerprint density at radius 3 is 2.55 bits per heavy atom. The molecule has 148 valence electrons. The van der Waals surface area contributed by atoms with Crippen molar-refractivity contribution >= 4 is 22.4 Å². The van der Waals surface area contributed by atoms with Crippen molar-refractivity contribution < 1.29 is 19.0 Å². The van der Waals surface area contributed by atoms with Gasteiger partial charge in [-0.15, -0.1) is 0 Å². The molecule has 5 nitrogen and oxygen atoms in total. The summed E-state index contributed by atoms with van der Waals surface area (Å²) in [5.74, 6) is -0.671. The van der Waals surface area contributed by atoms with Gasteiger partial charge in [0.05, 0.1) is 25.4 Å². The van der Waals surface area contributed by atoms with Crippen molar-refractivity contribution in [3.63, 3.8) is 0 Å². The number of fused-ring (bicyclic) bond motifs is 3. The lowest BCUT2D eigenvalue weighted by molar-refractivity contribution is -0.180. The van der Waals surface area contributed by atoms with E-state index in [1.54, 1.807) is 4.90 Å². The first kappa shape index (κ1) is 18.2. The summed E-state index contributed by atoms with van der Waals surface area (Å²) in [7, 11) is 0. The van der Waals surface area contributed by atoms with Crippen molar-refractivity contribution in [2.24, 2.45) is 0 Å². The number of carbonyl (C=O) groups is 1. The summed E-state index contributed by atoms with van der Waals surface area (Å²) < 4.78 is 17.7. The first-order chi connectivity index (χ1) is 14.1. The molecule has 3 aromatic rings. The molecule has 0 atom stereocenters. The quantitative estimate of drug-likeness (QED) is 0.675. The number of benzene rings is 3. The molecule has 2 aliphatic rings. The van der Waals surface area contributed by atoms with E-state index in [4.69, 9.17) is 14.2 Å². The lowest BCUT2D eigenvalue weighted by atomic mass is 10.0. The van der Waals surface area contributed by atoms with Crippen LogP contribution in [0.25, 0.3) is 10.8 Å². The highest BCUT2D eigenvalue weighted by atomic mass is 16.7. The molecule has 1 fully saturated rings. The maximum Gasteiger partial charge on any atom is 0.292 e. The molecular formula is C24H23NO4. The van der Waals surface area contributed by atoms with Crippen LogP contribution in [0.3, 0.4) is 0 Å². The molecule has 0 aromatic heterocycles. The number of ether oxygens (including phenoxy) is 3. The van der Waals surface area contributed by atoms with Gasteiger partial charge in [0.1, 0.15) is 12.4 Å². The molecule has 0 radical (unpaired) electrons. The van der Waals surface area contributed by atoms with E-state index in [2.05, 4.69) is 18.2 Å². The third-order valence-electron chi connectivity index (χ3n) is 5.59. The molecule has 1 amide bonds. The van der Waals surface area contributed by atoms with Crippen molar-refractivity contribution in [3.8, 4) is 5.75 Å². The van der Waals surface area contributed by atoms with Gasteiger partial charge in [-0.1, -0.05) is 42.0 Å². The lowest BCUT2D eigenvalue weighted by Crippen LogP contribution is -2.42. The Kier molecular flexibility index (Phi) is 4.30. The Morgan fingerprint density at radius 1 is 1.00 bits per heavy atom. The summed E-state index contributed by atoms with van der Waals surface area (Å²) in [6.45, 7) is 5.68. The standard InChI is InChI=1S/C24H23NO4/c1-16-13-17(2)22-21(14-16)24(28-11-12-29-24)23(26)25(22)9-10-27-20-8-7-18-5-3-4-6-19(18)15-20/h3-8,13-15H,9-12H2,1-2H3. The van der Waals surface area contributed by atoms with Crippen molar-refractivity contribution in [2.75, 3.05) is 31.3 Å². The second kappa shape index (κ2) is 6.87. The molecule has 1 spiro atoms. The predicted octanol–water partition coefficient (Wildman–Crippen LogP) is 4.08. The zero-order valence-electron chi connectivity index (χ0n) is 16.6. The van der Waals surface area contributed by atoms with Gasteiger partial charge in [-0.25, -0.2) is 0 Å². The molecule has 0 aliphatic carbocycles. The number of rotatable bonds is 4. The zero-order chi connectivity index (χ0) is 20.0. The van der Waals surface area contributed by atoms with Crippen LogP contribution >= 0.6 is 0 Å². The van der Waals surface area contributed by atoms with E-state index < -0.39 is 5.79 Å². The van der Waals surface area contributed by atoms with E-state index in [0.717, 1.165) is 33.5 Å². The molecule has 2 heterocycles. The van der Waals surface area contributed by atoms with Gasteiger partial charge in [0.25, 0.3) is 11.7 Å². The van der Waals surface area contributed by atoms with Crippen LogP contribution < -0.4 is 9.64 Å². The van der Waals surface area contributed by atoms with E-state index in [1.165, 1.54) is 5.39 Å². The lowest BCUT2D eigenvalue weighted by Gasteiger charge is -2.22. The topological polar surface area (TPSA) is 48.0 Å². The van der Waals surface area contributed by atoms with Crippen LogP contribution in [-0.2, 0) is 20.1 Å². The van der Waals surface area contributed by atoms with E-state index in [-0.39, 0.29) is 5.91 Å². The van der Waals surface area contributed by atoms with Crippen LogP contribution in [0.2, 0.25) is 0 Å². The number of carbonyl (C=O) groups excluding carboxylic acids is 1. The maximum absolute atomic E-state index is 13.3. The zero-order valence-corrected chi connectivity index (χ0v) is 16.6. The highest BCUT2D eigenvalue weighted by Gasteiger charge is 2.56. The Hall–Kier alpha value is -2.89. The number of amides is 1. The van der Waals surface area contributed by atoms with Crippen LogP contribution in [0.15, 0.2) is 54.6 Å². The van der Waals surface area contributed by atoms with Crippen molar-refractivity contribution in [3.05, 3.63) is 71.3 Å². The fourth-order valence-electron chi connectivity index (χ4n) is 4.38. The number of aryl methyl sites for hydroxylation is 2. The van der Waals surface area contributed by atoms with E-state index in [0.29, 0.717) is 26.4 Å². The number of nitrogens with zero attached hydrogens (tertiary/aromatic N) is 1. The third kappa shape index (κ3) is 2.89. The van der Waals surface area contributed by atoms with Crippen molar-refractivity contribution in [1.29, 1.82) is 0 Å². The number of hydrogen-bond donors (Lipinski definition) is 0. The molecule has 3 aromatic carbocycles. The van der Waals surface area contributed by atoms with E-state index >= 15 is 0 Å². The van der Waals surface area contributed by atoms with Gasteiger partial charge in [0.15, 0.2) is 0 Å². The van der Waals surface area contributed by atoms with Crippen LogP contribution in [0, 0.1) is 13.8 Å². The molecule has 29 heavy (non-hydrogen) atoms. The largest absolute Gasteiger partial charge is 0.492 e. The van der Waals surface area contributed by atoms with Gasteiger partial charge >= 0.3 is 0 Å². The average Bonchev–Trinajstić information content (AvgIpc) is 3.29. The van der Waals surface area contributed by atoms with Gasteiger partial charge in [-0.2, -0.15) is 0 Å². The highest BCUT2D eigenvalue weighted by molar-refractivity contribution is 6.07. The summed E-state index contributed by atoms with van der Waals surface area (Å²) in [4.78, 5) is 15.0. The smallest absolute Gasteiger partial charge is 0.292 e. The summed E-state index contributed by atoms with van der Waals surface area (Å²) in [6, 6.07) is 18.3. The molecule has 0 saturated carbocycles. The minimum Gasteiger partial charge on any atom is -0.492 e. The molecular weight excluding hydrogens is 366 g/mol. The van der Waals surface area contributed by atoms with Crippen LogP contribution in [0.5, 0.6) is 5.75 Å². The van der Waals surface area contributed by atoms with Crippen LogP contribution in [0.4, 0.5) is 5.69 Å². The Morgan fingerprint density at radius 2 is 1.76 bits per heavy atom. The molecule has 2 aliphatic heterocycles. The first-order valence-corrected chi connectivity index (χ1v) is 9.92. The molecule has 0 N–H and O–H groups in total. The van der Waals surface area contributed by atoms with Crippen LogP contribution in [0.1, 0.15) is 16.7 Å². The van der Waals surface area contributed by atoms with Gasteiger partial charge in [-0.3, -0.25) is 4.79 Å². The summed E-state index contributed by atoms with van der Waals surface area (Å²) >= 11 is 0. The summed E-state index contributed by atoms with van der Waals surface area (Å²) in [6.07, 6.45) is 0. The maximum atomic E-state index is 13.3. The first-order valence-electron chi connectivity index (χ1n) is 9.92. The van der Waals surface area contributed by atoms with Crippen molar-refractivity contribution in [1.82, 2.24) is 0 Å². The van der Waals surface area contributed by atoms with Crippen LogP contribution in [-0.4, -0.2) is 32.3 Å². The van der Waals surface area contributed by atoms with E-state index in [1.807, 2.05) is 50.2 Å². The van der Waals surface area contributed by atoms with Gasteiger partial charge < -0.3 is 19.1 Å². The Bertz CT molecular complexity index is 1100. The summed E-state index contributed by atoms with van der Waals surface area (Å²) in [5, 5.41) is 2.30. The second-order valence-electron chi connectivity index (χ2n) is 7.61. The molecule has 5 heteroatoms. The minimum absolute atomic E-state index is 0.166. The number of hydrogen-bond acceptors (Lipinski definition) is 4. The van der Waals surface area contributed by atoms with E-state index in [9.17, 15) is 4.79 Å². The predicted molar refractivity (Wildman–Crippen MR) is 111 cm³/mol. The highest BCUT2D eigenvalue weighted by Crippen LogP contribution is 2.47. The Balaban J connectivity index is 1.39. The SMILES string of the molecule is Cc1cc(C)c2c(c1)C1(OCCO1)C(=O)N2CCOc1ccc2ccccc2c1. The molecule has 5 rings (SSSR count). The third-order valence-corrected chi connectivity index (χ3v) is 5.59. The fourth-order valence-corrected chi connectivity index (χ4v) is 4.38. The van der Waals surface area contributed by atoms with Gasteiger partial charge in [0.2, 0.25) is 0 Å². The van der Waals surface area contributed by atoms with Gasteiger partial charge in [0, 0.05) is 5.56 Å². The normalized spacial score (nSPS) is 17.3.